The number of hydrogen-bond donors (Lipinski definition) is 1. The minimum atomic E-state index is -0.434. The van der Waals surface area contributed by atoms with Crippen LogP contribution in [0.2, 0.25) is 0 Å². The monoisotopic (exact) mass is 303 g/mol. The SMILES string of the molecule is CCCC(ON(O)CC1C=CC(C)=CC1=O)c1ncccn1. The fourth-order valence-electron chi connectivity index (χ4n) is 2.22. The number of nitrogens with zero attached hydrogens (tertiary/aromatic N) is 3. The van der Waals surface area contributed by atoms with E-state index in [1.807, 2.05) is 19.9 Å². The molecule has 1 aliphatic carbocycles. The van der Waals surface area contributed by atoms with Gasteiger partial charge in [-0.3, -0.25) is 14.8 Å². The van der Waals surface area contributed by atoms with E-state index >= 15 is 0 Å². The summed E-state index contributed by atoms with van der Waals surface area (Å²) in [6.07, 6.45) is 9.59. The number of rotatable bonds is 7. The molecule has 22 heavy (non-hydrogen) atoms. The second-order valence-corrected chi connectivity index (χ2v) is 5.28. The zero-order chi connectivity index (χ0) is 15.9. The molecule has 6 heteroatoms. The number of carbonyl (C=O) groups excluding carboxylic acids is 1. The number of aromatic nitrogens is 2. The van der Waals surface area contributed by atoms with Crippen LogP contribution in [0.15, 0.2) is 42.3 Å². The molecule has 2 atom stereocenters. The molecular weight excluding hydrogens is 282 g/mol. The molecule has 1 heterocycles. The van der Waals surface area contributed by atoms with Crippen molar-refractivity contribution in [1.29, 1.82) is 0 Å². The topological polar surface area (TPSA) is 75.6 Å². The molecule has 0 saturated carbocycles. The summed E-state index contributed by atoms with van der Waals surface area (Å²) in [6, 6.07) is 1.73. The van der Waals surface area contributed by atoms with Crippen LogP contribution in [0.25, 0.3) is 0 Å². The summed E-state index contributed by atoms with van der Waals surface area (Å²) in [4.78, 5) is 25.7. The largest absolute Gasteiger partial charge is 0.294 e. The van der Waals surface area contributed by atoms with Crippen LogP contribution in [0.4, 0.5) is 0 Å². The van der Waals surface area contributed by atoms with Gasteiger partial charge < -0.3 is 0 Å². The van der Waals surface area contributed by atoms with Gasteiger partial charge >= 0.3 is 0 Å². The third-order valence-electron chi connectivity index (χ3n) is 3.35. The van der Waals surface area contributed by atoms with Gasteiger partial charge in [0.05, 0.1) is 12.5 Å². The summed E-state index contributed by atoms with van der Waals surface area (Å²) < 4.78 is 0. The molecule has 1 aliphatic rings. The average Bonchev–Trinajstić information content (AvgIpc) is 2.50. The number of hydroxylamine groups is 2. The summed E-state index contributed by atoms with van der Waals surface area (Å²) in [7, 11) is 0. The molecule has 0 aromatic carbocycles. The lowest BCUT2D eigenvalue weighted by atomic mass is 9.96. The molecule has 2 unspecified atom stereocenters. The predicted octanol–water partition coefficient (Wildman–Crippen LogP) is 2.64. The standard InChI is InChI=1S/C16H21N3O3/c1-3-5-15(16-17-8-4-9-18-16)22-19(21)11-13-7-6-12(2)10-14(13)20/h4,6-10,13,15,21H,3,5,11H2,1-2H3. The summed E-state index contributed by atoms with van der Waals surface area (Å²) in [5.74, 6) is 0.0722. The van der Waals surface area contributed by atoms with Gasteiger partial charge in [0.1, 0.15) is 6.10 Å². The van der Waals surface area contributed by atoms with E-state index < -0.39 is 12.0 Å². The average molecular weight is 303 g/mol. The lowest BCUT2D eigenvalue weighted by molar-refractivity contribution is -0.366. The van der Waals surface area contributed by atoms with E-state index in [2.05, 4.69) is 9.97 Å². The van der Waals surface area contributed by atoms with Gasteiger partial charge in [0, 0.05) is 12.4 Å². The van der Waals surface area contributed by atoms with Crippen molar-refractivity contribution in [3.05, 3.63) is 48.1 Å². The Morgan fingerprint density at radius 1 is 1.41 bits per heavy atom. The second kappa shape index (κ2) is 7.93. The first-order valence-corrected chi connectivity index (χ1v) is 7.40. The number of carbonyl (C=O) groups is 1. The van der Waals surface area contributed by atoms with Crippen molar-refractivity contribution in [1.82, 2.24) is 15.2 Å². The molecule has 118 valence electrons. The first-order valence-electron chi connectivity index (χ1n) is 7.40. The minimum Gasteiger partial charge on any atom is -0.294 e. The second-order valence-electron chi connectivity index (χ2n) is 5.28. The molecule has 0 bridgehead atoms. The summed E-state index contributed by atoms with van der Waals surface area (Å²) in [5.41, 5.74) is 0.910. The van der Waals surface area contributed by atoms with Gasteiger partial charge in [0.25, 0.3) is 0 Å². The van der Waals surface area contributed by atoms with E-state index in [0.29, 0.717) is 12.2 Å². The van der Waals surface area contributed by atoms with Crippen LogP contribution in [0, 0.1) is 5.92 Å². The maximum absolute atomic E-state index is 11.9. The molecule has 0 spiro atoms. The van der Waals surface area contributed by atoms with Gasteiger partial charge in [0.15, 0.2) is 11.6 Å². The Balaban J connectivity index is 1.96. The van der Waals surface area contributed by atoms with Gasteiger partial charge in [-0.05, 0) is 31.1 Å². The van der Waals surface area contributed by atoms with Crippen molar-refractivity contribution < 1.29 is 14.8 Å². The minimum absolute atomic E-state index is 0.0364. The number of hydrogen-bond acceptors (Lipinski definition) is 6. The highest BCUT2D eigenvalue weighted by molar-refractivity contribution is 5.95. The molecule has 1 N–H and O–H groups in total. The van der Waals surface area contributed by atoms with Crippen LogP contribution in [0.3, 0.4) is 0 Å². The van der Waals surface area contributed by atoms with E-state index in [-0.39, 0.29) is 12.3 Å². The van der Waals surface area contributed by atoms with Crippen molar-refractivity contribution in [3.8, 4) is 0 Å². The summed E-state index contributed by atoms with van der Waals surface area (Å²) in [6.45, 7) is 3.95. The van der Waals surface area contributed by atoms with Gasteiger partial charge in [-0.25, -0.2) is 9.97 Å². The highest BCUT2D eigenvalue weighted by atomic mass is 16.9. The maximum atomic E-state index is 11.9. The Bertz CT molecular complexity index is 557. The molecule has 6 nitrogen and oxygen atoms in total. The van der Waals surface area contributed by atoms with E-state index in [4.69, 9.17) is 4.84 Å². The van der Waals surface area contributed by atoms with Crippen molar-refractivity contribution in [3.63, 3.8) is 0 Å². The fraction of sp³-hybridized carbons (Fsp3) is 0.438. The van der Waals surface area contributed by atoms with E-state index in [0.717, 1.165) is 17.2 Å². The fourth-order valence-corrected chi connectivity index (χ4v) is 2.22. The van der Waals surface area contributed by atoms with Crippen LogP contribution >= 0.6 is 0 Å². The van der Waals surface area contributed by atoms with E-state index in [1.54, 1.807) is 30.6 Å². The molecule has 0 radical (unpaired) electrons. The highest BCUT2D eigenvalue weighted by Crippen LogP contribution is 2.21. The summed E-state index contributed by atoms with van der Waals surface area (Å²) >= 11 is 0. The van der Waals surface area contributed by atoms with Crippen LogP contribution in [0.5, 0.6) is 0 Å². The highest BCUT2D eigenvalue weighted by Gasteiger charge is 2.23. The van der Waals surface area contributed by atoms with Gasteiger partial charge in [-0.1, -0.05) is 30.7 Å². The van der Waals surface area contributed by atoms with E-state index in [9.17, 15) is 10.0 Å². The molecule has 0 amide bonds. The van der Waals surface area contributed by atoms with E-state index in [1.165, 1.54) is 0 Å². The van der Waals surface area contributed by atoms with Gasteiger partial charge in [-0.15, -0.1) is 0 Å². The first-order chi connectivity index (χ1) is 10.6. The zero-order valence-corrected chi connectivity index (χ0v) is 12.8. The molecule has 0 saturated heterocycles. The molecule has 1 aromatic heterocycles. The first kappa shape index (κ1) is 16.5. The van der Waals surface area contributed by atoms with Crippen molar-refractivity contribution >= 4 is 5.78 Å². The van der Waals surface area contributed by atoms with Crippen LogP contribution < -0.4 is 0 Å². The zero-order valence-electron chi connectivity index (χ0n) is 12.8. The third kappa shape index (κ3) is 4.56. The van der Waals surface area contributed by atoms with Gasteiger partial charge in [-0.2, -0.15) is 0 Å². The van der Waals surface area contributed by atoms with Crippen LogP contribution in [-0.4, -0.2) is 32.7 Å². The summed E-state index contributed by atoms with van der Waals surface area (Å²) in [5, 5.41) is 10.7. The molecule has 0 aliphatic heterocycles. The van der Waals surface area contributed by atoms with Crippen LogP contribution in [-0.2, 0) is 9.63 Å². The van der Waals surface area contributed by atoms with Crippen molar-refractivity contribution in [2.45, 2.75) is 32.8 Å². The maximum Gasteiger partial charge on any atom is 0.164 e. The Morgan fingerprint density at radius 3 is 2.77 bits per heavy atom. The molecule has 1 aromatic rings. The Hall–Kier alpha value is -1.89. The van der Waals surface area contributed by atoms with Crippen molar-refractivity contribution in [2.75, 3.05) is 6.54 Å². The third-order valence-corrected chi connectivity index (χ3v) is 3.35. The smallest absolute Gasteiger partial charge is 0.164 e. The van der Waals surface area contributed by atoms with Gasteiger partial charge in [0.2, 0.25) is 0 Å². The Kier molecular flexibility index (Phi) is 5.94. The quantitative estimate of drug-likeness (QED) is 0.780. The van der Waals surface area contributed by atoms with Crippen molar-refractivity contribution in [2.24, 2.45) is 5.92 Å². The Morgan fingerprint density at radius 2 is 2.14 bits per heavy atom. The normalized spacial score (nSPS) is 19.4. The lowest BCUT2D eigenvalue weighted by Gasteiger charge is -2.24. The molecular formula is C16H21N3O3. The molecule has 0 fully saturated rings. The Labute approximate surface area is 130 Å². The molecule has 2 rings (SSSR count). The predicted molar refractivity (Wildman–Crippen MR) is 80.7 cm³/mol. The van der Waals surface area contributed by atoms with Crippen LogP contribution in [0.1, 0.15) is 38.6 Å². The number of ketones is 1. The number of allylic oxidation sites excluding steroid dienone is 3. The lowest BCUT2D eigenvalue weighted by Crippen LogP contribution is -2.32.